The Hall–Kier alpha value is -2.52. The summed E-state index contributed by atoms with van der Waals surface area (Å²) in [6.45, 7) is 6.30. The minimum absolute atomic E-state index is 0.153. The van der Waals surface area contributed by atoms with Gasteiger partial charge < -0.3 is 20.9 Å². The van der Waals surface area contributed by atoms with Crippen molar-refractivity contribution < 1.29 is 14.6 Å². The van der Waals surface area contributed by atoms with E-state index in [1.54, 1.807) is 6.20 Å². The van der Waals surface area contributed by atoms with Crippen LogP contribution in [0.15, 0.2) is 30.5 Å². The molecule has 2 aromatic rings. The number of ether oxygens (including phenoxy) is 1. The molecular weight excluding hydrogens is 502 g/mol. The number of piperazine rings is 1. The van der Waals surface area contributed by atoms with Gasteiger partial charge in [-0.1, -0.05) is 18.2 Å². The second-order valence-electron chi connectivity index (χ2n) is 13.0. The lowest BCUT2D eigenvalue weighted by Crippen LogP contribution is -2.58. The SMILES string of the molecule is Nc1ncc(-c2ccc3c(c2)CCC3N2CCN(C3CCCOC3)CC2)cc1C(=O)NC12CCC(O)(CC1)CC2. The van der Waals surface area contributed by atoms with Crippen molar-refractivity contribution >= 4 is 11.7 Å². The van der Waals surface area contributed by atoms with Gasteiger partial charge in [-0.15, -0.1) is 0 Å². The molecule has 214 valence electrons. The molecule has 2 aliphatic heterocycles. The van der Waals surface area contributed by atoms with E-state index in [1.165, 1.54) is 24.0 Å². The maximum absolute atomic E-state index is 13.4. The Kier molecular flexibility index (Phi) is 6.85. The van der Waals surface area contributed by atoms with Crippen LogP contribution in [-0.2, 0) is 11.2 Å². The Labute approximate surface area is 237 Å². The fourth-order valence-corrected chi connectivity index (χ4v) is 8.06. The van der Waals surface area contributed by atoms with Gasteiger partial charge in [0.05, 0.1) is 17.8 Å². The molecule has 1 aromatic carbocycles. The molecule has 6 aliphatic rings. The highest BCUT2D eigenvalue weighted by atomic mass is 16.5. The summed E-state index contributed by atoms with van der Waals surface area (Å²) in [4.78, 5) is 23.1. The van der Waals surface area contributed by atoms with Gasteiger partial charge in [-0.2, -0.15) is 0 Å². The van der Waals surface area contributed by atoms with Crippen LogP contribution in [0.5, 0.6) is 0 Å². The molecule has 2 bridgehead atoms. The highest BCUT2D eigenvalue weighted by Gasteiger charge is 2.48. The molecule has 0 spiro atoms. The Morgan fingerprint density at radius 2 is 1.75 bits per heavy atom. The molecule has 1 amide bonds. The summed E-state index contributed by atoms with van der Waals surface area (Å²) in [7, 11) is 0. The summed E-state index contributed by atoms with van der Waals surface area (Å²) in [6.07, 6.45) is 11.2. The van der Waals surface area contributed by atoms with E-state index in [9.17, 15) is 9.90 Å². The van der Waals surface area contributed by atoms with Gasteiger partial charge in [0.2, 0.25) is 0 Å². The smallest absolute Gasteiger partial charge is 0.255 e. The number of aliphatic hydroxyl groups is 1. The van der Waals surface area contributed by atoms with Crippen molar-refractivity contribution in [2.45, 2.75) is 87.4 Å². The number of fused-ring (bicyclic) bond motifs is 4. The van der Waals surface area contributed by atoms with Crippen LogP contribution >= 0.6 is 0 Å². The fraction of sp³-hybridized carbons (Fsp3) is 0.625. The van der Waals surface area contributed by atoms with Gasteiger partial charge in [-0.3, -0.25) is 14.6 Å². The molecule has 2 atom stereocenters. The number of hydrogen-bond donors (Lipinski definition) is 3. The molecule has 3 saturated carbocycles. The molecule has 2 unspecified atom stereocenters. The third kappa shape index (κ3) is 4.93. The number of aryl methyl sites for hydroxylation is 1. The van der Waals surface area contributed by atoms with Crippen LogP contribution in [0.3, 0.4) is 0 Å². The van der Waals surface area contributed by atoms with Crippen LogP contribution in [0.2, 0.25) is 0 Å². The van der Waals surface area contributed by atoms with Crippen molar-refractivity contribution in [1.82, 2.24) is 20.1 Å². The van der Waals surface area contributed by atoms with Crippen LogP contribution in [0.1, 0.15) is 85.3 Å². The minimum Gasteiger partial charge on any atom is -0.390 e. The number of pyridine rings is 1. The lowest BCUT2D eigenvalue weighted by molar-refractivity contribution is -0.0702. The summed E-state index contributed by atoms with van der Waals surface area (Å²) in [5.74, 6) is 0.111. The van der Waals surface area contributed by atoms with Gasteiger partial charge in [-0.25, -0.2) is 4.98 Å². The van der Waals surface area contributed by atoms with Gasteiger partial charge in [-0.05, 0) is 87.0 Å². The first-order chi connectivity index (χ1) is 19.4. The van der Waals surface area contributed by atoms with Crippen LogP contribution in [-0.4, -0.2) is 82.4 Å². The van der Waals surface area contributed by atoms with E-state index in [1.807, 2.05) is 6.07 Å². The summed E-state index contributed by atoms with van der Waals surface area (Å²) in [5.41, 5.74) is 10.8. The molecule has 8 heteroatoms. The second-order valence-corrected chi connectivity index (χ2v) is 13.0. The van der Waals surface area contributed by atoms with Crippen molar-refractivity contribution in [1.29, 1.82) is 0 Å². The summed E-state index contributed by atoms with van der Waals surface area (Å²) >= 11 is 0. The van der Waals surface area contributed by atoms with E-state index in [0.717, 1.165) is 102 Å². The monoisotopic (exact) mass is 545 g/mol. The second kappa shape index (κ2) is 10.4. The van der Waals surface area contributed by atoms with Gasteiger partial charge in [0, 0.05) is 62.2 Å². The standard InChI is InChI=1S/C32H43N5O3/c33-29-27(30(38)35-31-7-10-32(39,11-8-31)12-9-31)19-24(20-34-29)22-3-5-26-23(18-22)4-6-28(26)37-15-13-36(14-16-37)25-2-1-17-40-21-25/h3,5,18-20,25,28,39H,1-2,4,6-17,21H2,(H2,33,34)(H,35,38). The summed E-state index contributed by atoms with van der Waals surface area (Å²) in [5, 5.41) is 13.9. The number of rotatable bonds is 5. The quantitative estimate of drug-likeness (QED) is 0.527. The van der Waals surface area contributed by atoms with Gasteiger partial charge >= 0.3 is 0 Å². The number of amides is 1. The average molecular weight is 546 g/mol. The topological polar surface area (TPSA) is 104 Å². The van der Waals surface area contributed by atoms with Crippen molar-refractivity contribution in [3.8, 4) is 11.1 Å². The number of carbonyl (C=O) groups is 1. The number of aromatic nitrogens is 1. The molecule has 4 aliphatic carbocycles. The first-order valence-corrected chi connectivity index (χ1v) is 15.4. The predicted molar refractivity (Wildman–Crippen MR) is 155 cm³/mol. The number of benzene rings is 1. The van der Waals surface area contributed by atoms with E-state index in [2.05, 4.69) is 38.3 Å². The molecule has 5 fully saturated rings. The fourth-order valence-electron chi connectivity index (χ4n) is 8.06. The molecule has 4 N–H and O–H groups in total. The van der Waals surface area contributed by atoms with Crippen molar-refractivity contribution in [2.75, 3.05) is 45.1 Å². The first kappa shape index (κ1) is 26.4. The predicted octanol–water partition coefficient (Wildman–Crippen LogP) is 3.68. The maximum atomic E-state index is 13.4. The Balaban J connectivity index is 1.03. The lowest BCUT2D eigenvalue weighted by Gasteiger charge is -2.51. The first-order valence-electron chi connectivity index (χ1n) is 15.4. The van der Waals surface area contributed by atoms with E-state index < -0.39 is 5.60 Å². The number of nitrogens with two attached hydrogens (primary N) is 1. The molecule has 8 rings (SSSR count). The summed E-state index contributed by atoms with van der Waals surface area (Å²) in [6, 6.07) is 9.76. The van der Waals surface area contributed by atoms with Gasteiger partial charge in [0.15, 0.2) is 0 Å². The number of anilines is 1. The van der Waals surface area contributed by atoms with Crippen LogP contribution in [0, 0.1) is 0 Å². The van der Waals surface area contributed by atoms with Crippen LogP contribution in [0.4, 0.5) is 5.82 Å². The largest absolute Gasteiger partial charge is 0.390 e. The van der Waals surface area contributed by atoms with E-state index >= 15 is 0 Å². The number of hydrogen-bond acceptors (Lipinski definition) is 7. The normalized spacial score (nSPS) is 32.6. The average Bonchev–Trinajstić information content (AvgIpc) is 3.42. The molecule has 1 aromatic heterocycles. The molecule has 3 heterocycles. The maximum Gasteiger partial charge on any atom is 0.255 e. The highest BCUT2D eigenvalue weighted by Crippen LogP contribution is 2.47. The number of nitrogens with zero attached hydrogens (tertiary/aromatic N) is 3. The molecule has 2 saturated heterocycles. The molecule has 40 heavy (non-hydrogen) atoms. The van der Waals surface area contributed by atoms with E-state index in [4.69, 9.17) is 10.5 Å². The van der Waals surface area contributed by atoms with E-state index in [0.29, 0.717) is 17.6 Å². The Morgan fingerprint density at radius 1 is 1.00 bits per heavy atom. The molecule has 8 nitrogen and oxygen atoms in total. The third-order valence-electron chi connectivity index (χ3n) is 10.7. The zero-order valence-corrected chi connectivity index (χ0v) is 23.5. The van der Waals surface area contributed by atoms with Gasteiger partial charge in [0.25, 0.3) is 5.91 Å². The Morgan fingerprint density at radius 3 is 2.48 bits per heavy atom. The minimum atomic E-state index is -0.529. The van der Waals surface area contributed by atoms with Crippen LogP contribution < -0.4 is 11.1 Å². The number of nitrogen functional groups attached to an aromatic ring is 1. The van der Waals surface area contributed by atoms with Crippen molar-refractivity contribution in [3.63, 3.8) is 0 Å². The highest BCUT2D eigenvalue weighted by molar-refractivity contribution is 6.00. The Bertz CT molecular complexity index is 1240. The van der Waals surface area contributed by atoms with Gasteiger partial charge in [0.1, 0.15) is 5.82 Å². The molecule has 0 radical (unpaired) electrons. The number of nitrogens with one attached hydrogen (secondary N) is 1. The molecular formula is C32H43N5O3. The lowest BCUT2D eigenvalue weighted by atomic mass is 9.63. The van der Waals surface area contributed by atoms with Crippen LogP contribution in [0.25, 0.3) is 11.1 Å². The third-order valence-corrected chi connectivity index (χ3v) is 10.7. The zero-order chi connectivity index (χ0) is 27.3. The van der Waals surface area contributed by atoms with Crippen molar-refractivity contribution in [3.05, 3.63) is 47.2 Å². The van der Waals surface area contributed by atoms with Crippen molar-refractivity contribution in [2.24, 2.45) is 0 Å². The van der Waals surface area contributed by atoms with E-state index in [-0.39, 0.29) is 17.3 Å². The zero-order valence-electron chi connectivity index (χ0n) is 23.5. The number of carbonyl (C=O) groups excluding carboxylic acids is 1. The summed E-state index contributed by atoms with van der Waals surface area (Å²) < 4.78 is 5.73.